The molecule has 0 saturated carbocycles. The van der Waals surface area contributed by atoms with E-state index in [-0.39, 0.29) is 12.4 Å². The van der Waals surface area contributed by atoms with Crippen molar-refractivity contribution in [3.8, 4) is 11.5 Å². The van der Waals surface area contributed by atoms with E-state index in [0.29, 0.717) is 0 Å². The average Bonchev–Trinajstić information content (AvgIpc) is 3.10. The molecule has 2 heterocycles. The molecule has 2 saturated heterocycles. The van der Waals surface area contributed by atoms with Gasteiger partial charge in [0.25, 0.3) is 0 Å². The quantitative estimate of drug-likeness (QED) is 0.893. The van der Waals surface area contributed by atoms with E-state index in [2.05, 4.69) is 22.3 Å². The molecule has 23 heavy (non-hydrogen) atoms. The van der Waals surface area contributed by atoms with E-state index in [0.717, 1.165) is 30.0 Å². The van der Waals surface area contributed by atoms with Crippen molar-refractivity contribution < 1.29 is 9.47 Å². The fourth-order valence-corrected chi connectivity index (χ4v) is 3.86. The van der Waals surface area contributed by atoms with Gasteiger partial charge in [0.05, 0.1) is 14.2 Å². The van der Waals surface area contributed by atoms with Crippen LogP contribution in [0.4, 0.5) is 0 Å². The molecule has 3 rings (SSSR count). The molecule has 2 aliphatic rings. The van der Waals surface area contributed by atoms with Crippen molar-refractivity contribution >= 4 is 12.4 Å². The molecule has 1 unspecified atom stereocenters. The first-order valence-electron chi connectivity index (χ1n) is 8.47. The van der Waals surface area contributed by atoms with Gasteiger partial charge in [-0.1, -0.05) is 6.07 Å². The predicted octanol–water partition coefficient (Wildman–Crippen LogP) is 3.09. The molecule has 130 valence electrons. The topological polar surface area (TPSA) is 33.7 Å². The highest BCUT2D eigenvalue weighted by atomic mass is 35.5. The lowest BCUT2D eigenvalue weighted by Gasteiger charge is -2.35. The number of ether oxygens (including phenoxy) is 2. The molecule has 1 aromatic rings. The Balaban J connectivity index is 0.00000192. The summed E-state index contributed by atoms with van der Waals surface area (Å²) < 4.78 is 10.7. The van der Waals surface area contributed by atoms with Gasteiger partial charge in [-0.05, 0) is 68.9 Å². The highest BCUT2D eigenvalue weighted by Crippen LogP contribution is 2.30. The lowest BCUT2D eigenvalue weighted by molar-refractivity contribution is 0.157. The summed E-state index contributed by atoms with van der Waals surface area (Å²) in [6.45, 7) is 4.63. The molecular formula is C18H29ClN2O2. The molecule has 0 amide bonds. The number of hydrogen-bond donors (Lipinski definition) is 1. The van der Waals surface area contributed by atoms with Crippen molar-refractivity contribution in [2.24, 2.45) is 5.92 Å². The van der Waals surface area contributed by atoms with Gasteiger partial charge in [0, 0.05) is 12.6 Å². The fourth-order valence-electron chi connectivity index (χ4n) is 3.86. The molecule has 5 heteroatoms. The van der Waals surface area contributed by atoms with E-state index >= 15 is 0 Å². The zero-order chi connectivity index (χ0) is 15.4. The number of rotatable bonds is 5. The Morgan fingerprint density at radius 1 is 1.09 bits per heavy atom. The van der Waals surface area contributed by atoms with Crippen molar-refractivity contribution in [3.63, 3.8) is 0 Å². The van der Waals surface area contributed by atoms with Crippen LogP contribution >= 0.6 is 12.4 Å². The number of piperidine rings is 1. The van der Waals surface area contributed by atoms with Crippen LogP contribution in [0.25, 0.3) is 0 Å². The minimum absolute atomic E-state index is 0. The number of methoxy groups -OCH3 is 2. The summed E-state index contributed by atoms with van der Waals surface area (Å²) in [7, 11) is 3.38. The zero-order valence-electron chi connectivity index (χ0n) is 14.2. The first-order valence-corrected chi connectivity index (χ1v) is 8.47. The maximum Gasteiger partial charge on any atom is 0.161 e. The van der Waals surface area contributed by atoms with Gasteiger partial charge in [0.1, 0.15) is 0 Å². The van der Waals surface area contributed by atoms with Crippen LogP contribution in [0.5, 0.6) is 11.5 Å². The first kappa shape index (κ1) is 18.4. The van der Waals surface area contributed by atoms with Crippen molar-refractivity contribution in [1.82, 2.24) is 10.2 Å². The predicted molar refractivity (Wildman–Crippen MR) is 95.8 cm³/mol. The number of nitrogens with one attached hydrogen (secondary N) is 1. The summed E-state index contributed by atoms with van der Waals surface area (Å²) in [6.07, 6.45) is 5.38. The molecule has 0 spiro atoms. The summed E-state index contributed by atoms with van der Waals surface area (Å²) in [5.74, 6) is 2.51. The van der Waals surface area contributed by atoms with Crippen LogP contribution < -0.4 is 14.8 Å². The Labute approximate surface area is 145 Å². The third-order valence-corrected chi connectivity index (χ3v) is 5.15. The van der Waals surface area contributed by atoms with Crippen LogP contribution in [0.2, 0.25) is 0 Å². The second-order valence-electron chi connectivity index (χ2n) is 6.51. The summed E-state index contributed by atoms with van der Waals surface area (Å²) in [6, 6.07) is 7.03. The lowest BCUT2D eigenvalue weighted by atomic mass is 9.88. The fraction of sp³-hybridized carbons (Fsp3) is 0.667. The molecule has 0 radical (unpaired) electrons. The third-order valence-electron chi connectivity index (χ3n) is 5.15. The first-order chi connectivity index (χ1) is 10.8. The largest absolute Gasteiger partial charge is 0.493 e. The Kier molecular flexibility index (Phi) is 7.00. The number of nitrogens with zero attached hydrogens (tertiary/aromatic N) is 1. The van der Waals surface area contributed by atoms with Gasteiger partial charge in [0.15, 0.2) is 11.5 Å². The number of likely N-dealkylation sites (tertiary alicyclic amines) is 1. The Morgan fingerprint density at radius 3 is 2.43 bits per heavy atom. The Bertz CT molecular complexity index is 484. The van der Waals surface area contributed by atoms with E-state index in [1.165, 1.54) is 50.9 Å². The van der Waals surface area contributed by atoms with Crippen LogP contribution in [-0.4, -0.2) is 44.8 Å². The van der Waals surface area contributed by atoms with Crippen molar-refractivity contribution in [1.29, 1.82) is 0 Å². The maximum absolute atomic E-state index is 5.40. The lowest BCUT2D eigenvalue weighted by Crippen LogP contribution is -2.40. The molecule has 1 N–H and O–H groups in total. The van der Waals surface area contributed by atoms with Crippen LogP contribution in [0.3, 0.4) is 0 Å². The van der Waals surface area contributed by atoms with E-state index in [1.54, 1.807) is 14.2 Å². The van der Waals surface area contributed by atoms with Crippen molar-refractivity contribution in [2.45, 2.75) is 38.3 Å². The number of halogens is 1. The van der Waals surface area contributed by atoms with Crippen LogP contribution in [-0.2, 0) is 6.54 Å². The molecule has 4 nitrogen and oxygen atoms in total. The van der Waals surface area contributed by atoms with E-state index in [9.17, 15) is 0 Å². The van der Waals surface area contributed by atoms with Gasteiger partial charge >= 0.3 is 0 Å². The Morgan fingerprint density at radius 2 is 1.83 bits per heavy atom. The highest BCUT2D eigenvalue weighted by Gasteiger charge is 2.28. The smallest absolute Gasteiger partial charge is 0.161 e. The van der Waals surface area contributed by atoms with Gasteiger partial charge in [-0.2, -0.15) is 0 Å². The van der Waals surface area contributed by atoms with E-state index in [1.807, 2.05) is 6.07 Å². The minimum Gasteiger partial charge on any atom is -0.493 e. The van der Waals surface area contributed by atoms with Gasteiger partial charge in [0.2, 0.25) is 0 Å². The average molecular weight is 341 g/mol. The van der Waals surface area contributed by atoms with Gasteiger partial charge in [-0.25, -0.2) is 0 Å². The standard InChI is InChI=1S/C18H28N2O2.ClH/c1-21-17-6-5-14(12-18(17)22-2)13-20-10-7-15(8-11-20)16-4-3-9-19-16;/h5-6,12,15-16,19H,3-4,7-11,13H2,1-2H3;1H. The number of hydrogen-bond acceptors (Lipinski definition) is 4. The Hall–Kier alpha value is -0.970. The van der Waals surface area contributed by atoms with Crippen LogP contribution in [0.15, 0.2) is 18.2 Å². The molecule has 1 atom stereocenters. The second kappa shape index (κ2) is 8.76. The van der Waals surface area contributed by atoms with Gasteiger partial charge in [-0.3, -0.25) is 4.90 Å². The summed E-state index contributed by atoms with van der Waals surface area (Å²) >= 11 is 0. The summed E-state index contributed by atoms with van der Waals surface area (Å²) in [4.78, 5) is 2.56. The van der Waals surface area contributed by atoms with Gasteiger partial charge < -0.3 is 14.8 Å². The molecule has 0 aliphatic carbocycles. The molecule has 2 aliphatic heterocycles. The molecule has 0 bridgehead atoms. The zero-order valence-corrected chi connectivity index (χ0v) is 15.0. The SMILES string of the molecule is COc1ccc(CN2CCC(C3CCCN3)CC2)cc1OC.Cl. The maximum atomic E-state index is 5.40. The third kappa shape index (κ3) is 4.52. The summed E-state index contributed by atoms with van der Waals surface area (Å²) in [5, 5.41) is 3.67. The highest BCUT2D eigenvalue weighted by molar-refractivity contribution is 5.85. The molecular weight excluding hydrogens is 312 g/mol. The van der Waals surface area contributed by atoms with Crippen molar-refractivity contribution in [3.05, 3.63) is 23.8 Å². The monoisotopic (exact) mass is 340 g/mol. The van der Waals surface area contributed by atoms with Crippen LogP contribution in [0.1, 0.15) is 31.2 Å². The van der Waals surface area contributed by atoms with Crippen LogP contribution in [0, 0.1) is 5.92 Å². The van der Waals surface area contributed by atoms with Gasteiger partial charge in [-0.15, -0.1) is 12.4 Å². The second-order valence-corrected chi connectivity index (χ2v) is 6.51. The molecule has 0 aromatic heterocycles. The van der Waals surface area contributed by atoms with E-state index in [4.69, 9.17) is 9.47 Å². The number of benzene rings is 1. The normalized spacial score (nSPS) is 22.6. The van der Waals surface area contributed by atoms with Crippen molar-refractivity contribution in [2.75, 3.05) is 33.9 Å². The molecule has 2 fully saturated rings. The summed E-state index contributed by atoms with van der Waals surface area (Å²) in [5.41, 5.74) is 1.30. The minimum atomic E-state index is 0. The van der Waals surface area contributed by atoms with E-state index < -0.39 is 0 Å². The molecule has 1 aromatic carbocycles.